The highest BCUT2D eigenvalue weighted by atomic mass is 32.2. The van der Waals surface area contributed by atoms with Crippen LogP contribution in [-0.2, 0) is 14.6 Å². The van der Waals surface area contributed by atoms with Gasteiger partial charge in [0.15, 0.2) is 15.0 Å². The molecule has 2 heterocycles. The predicted octanol–water partition coefficient (Wildman–Crippen LogP) is 0.254. The van der Waals surface area contributed by atoms with Gasteiger partial charge < -0.3 is 9.88 Å². The smallest absolute Gasteiger partial charge is 0.230 e. The molecule has 0 radical (unpaired) electrons. The zero-order chi connectivity index (χ0) is 14.8. The molecule has 1 saturated heterocycles. The summed E-state index contributed by atoms with van der Waals surface area (Å²) in [6.07, 6.45) is 2.13. The van der Waals surface area contributed by atoms with Crippen molar-refractivity contribution in [1.82, 2.24) is 20.1 Å². The third-order valence-electron chi connectivity index (χ3n) is 3.03. The molecule has 1 aromatic heterocycles. The third kappa shape index (κ3) is 3.95. The number of nitrogens with zero attached hydrogens (tertiary/aromatic N) is 3. The molecule has 9 heteroatoms. The lowest BCUT2D eigenvalue weighted by molar-refractivity contribution is -0.119. The van der Waals surface area contributed by atoms with Gasteiger partial charge in [0, 0.05) is 12.1 Å². The molecule has 1 atom stereocenters. The van der Waals surface area contributed by atoms with Gasteiger partial charge in [0.25, 0.3) is 0 Å². The van der Waals surface area contributed by atoms with E-state index in [1.54, 1.807) is 6.33 Å². The Morgan fingerprint density at radius 2 is 2.35 bits per heavy atom. The SMILES string of the molecule is CC(C)n1cnnc1SCC(=O)N[C@H]1CCS(=O)(=O)C1. The number of rotatable bonds is 5. The van der Waals surface area contributed by atoms with Crippen LogP contribution in [0.15, 0.2) is 11.5 Å². The van der Waals surface area contributed by atoms with Crippen LogP contribution in [0.4, 0.5) is 0 Å². The summed E-state index contributed by atoms with van der Waals surface area (Å²) >= 11 is 1.30. The molecule has 1 aliphatic heterocycles. The number of sulfone groups is 1. The number of amides is 1. The zero-order valence-electron chi connectivity index (χ0n) is 11.4. The van der Waals surface area contributed by atoms with Crippen LogP contribution < -0.4 is 5.32 Å². The standard InChI is InChI=1S/C11H18N4O3S2/c1-8(2)15-7-12-14-11(15)19-5-10(16)13-9-3-4-20(17,18)6-9/h7-9H,3-6H2,1-2H3,(H,13,16)/t9-/m0/s1. The molecule has 0 aromatic carbocycles. The lowest BCUT2D eigenvalue weighted by atomic mass is 10.3. The molecule has 1 aromatic rings. The summed E-state index contributed by atoms with van der Waals surface area (Å²) in [5.41, 5.74) is 0. The fraction of sp³-hybridized carbons (Fsp3) is 0.727. The Morgan fingerprint density at radius 3 is 2.95 bits per heavy atom. The lowest BCUT2D eigenvalue weighted by Crippen LogP contribution is -2.36. The molecule has 0 aliphatic carbocycles. The molecule has 0 spiro atoms. The lowest BCUT2D eigenvalue weighted by Gasteiger charge is -2.11. The molecule has 1 aliphatic rings. The Labute approximate surface area is 122 Å². The maximum Gasteiger partial charge on any atom is 0.230 e. The normalized spacial score (nSPS) is 21.2. The van der Waals surface area contributed by atoms with Crippen LogP contribution in [-0.4, -0.2) is 52.4 Å². The van der Waals surface area contributed by atoms with Gasteiger partial charge in [-0.05, 0) is 20.3 Å². The van der Waals surface area contributed by atoms with E-state index < -0.39 is 9.84 Å². The molecule has 112 valence electrons. The van der Waals surface area contributed by atoms with E-state index in [9.17, 15) is 13.2 Å². The van der Waals surface area contributed by atoms with Crippen molar-refractivity contribution in [3.63, 3.8) is 0 Å². The Balaban J connectivity index is 1.82. The van der Waals surface area contributed by atoms with Crippen molar-refractivity contribution in [3.05, 3.63) is 6.33 Å². The maximum atomic E-state index is 11.8. The molecule has 0 bridgehead atoms. The Hall–Kier alpha value is -1.09. The van der Waals surface area contributed by atoms with Crippen LogP contribution in [0, 0.1) is 0 Å². The summed E-state index contributed by atoms with van der Waals surface area (Å²) in [5, 5.41) is 11.2. The van der Waals surface area contributed by atoms with Crippen LogP contribution in [0.5, 0.6) is 0 Å². The Bertz CT molecular complexity index is 582. The zero-order valence-corrected chi connectivity index (χ0v) is 13.1. The number of nitrogens with one attached hydrogen (secondary N) is 1. The molecule has 0 unspecified atom stereocenters. The Kier molecular flexibility index (Phi) is 4.69. The van der Waals surface area contributed by atoms with Gasteiger partial charge in [0.2, 0.25) is 5.91 Å². The number of hydrogen-bond donors (Lipinski definition) is 1. The van der Waals surface area contributed by atoms with Crippen molar-refractivity contribution in [2.24, 2.45) is 0 Å². The maximum absolute atomic E-state index is 11.8. The number of hydrogen-bond acceptors (Lipinski definition) is 6. The topological polar surface area (TPSA) is 93.9 Å². The van der Waals surface area contributed by atoms with E-state index in [1.165, 1.54) is 11.8 Å². The van der Waals surface area contributed by atoms with Gasteiger partial charge in [-0.25, -0.2) is 8.42 Å². The second-order valence-corrected chi connectivity index (χ2v) is 8.24. The molecule has 1 amide bonds. The van der Waals surface area contributed by atoms with E-state index >= 15 is 0 Å². The minimum absolute atomic E-state index is 0.0472. The van der Waals surface area contributed by atoms with Crippen LogP contribution in [0.2, 0.25) is 0 Å². The van der Waals surface area contributed by atoms with E-state index in [1.807, 2.05) is 18.4 Å². The van der Waals surface area contributed by atoms with Crippen molar-refractivity contribution >= 4 is 27.5 Å². The first-order chi connectivity index (χ1) is 9.37. The average molecular weight is 318 g/mol. The highest BCUT2D eigenvalue weighted by molar-refractivity contribution is 7.99. The molecule has 0 saturated carbocycles. The van der Waals surface area contributed by atoms with Crippen molar-refractivity contribution < 1.29 is 13.2 Å². The second kappa shape index (κ2) is 6.13. The number of carbonyl (C=O) groups excluding carboxylic acids is 1. The van der Waals surface area contributed by atoms with Gasteiger partial charge in [0.1, 0.15) is 6.33 Å². The van der Waals surface area contributed by atoms with Crippen molar-refractivity contribution in [2.45, 2.75) is 37.5 Å². The number of thioether (sulfide) groups is 1. The van der Waals surface area contributed by atoms with E-state index in [2.05, 4.69) is 15.5 Å². The van der Waals surface area contributed by atoms with Gasteiger partial charge in [0.05, 0.1) is 17.3 Å². The highest BCUT2D eigenvalue weighted by Gasteiger charge is 2.28. The molecule has 1 N–H and O–H groups in total. The van der Waals surface area contributed by atoms with E-state index in [0.29, 0.717) is 11.6 Å². The van der Waals surface area contributed by atoms with Crippen molar-refractivity contribution in [3.8, 4) is 0 Å². The molecular formula is C11H18N4O3S2. The largest absolute Gasteiger partial charge is 0.352 e. The third-order valence-corrected chi connectivity index (χ3v) is 5.75. The van der Waals surface area contributed by atoms with Crippen LogP contribution in [0.1, 0.15) is 26.3 Å². The predicted molar refractivity (Wildman–Crippen MR) is 76.3 cm³/mol. The van der Waals surface area contributed by atoms with Gasteiger partial charge >= 0.3 is 0 Å². The van der Waals surface area contributed by atoms with E-state index in [-0.39, 0.29) is 35.2 Å². The van der Waals surface area contributed by atoms with Gasteiger partial charge in [-0.1, -0.05) is 11.8 Å². The second-order valence-electron chi connectivity index (χ2n) is 5.07. The molecule has 7 nitrogen and oxygen atoms in total. The Morgan fingerprint density at radius 1 is 1.60 bits per heavy atom. The average Bonchev–Trinajstić information content (AvgIpc) is 2.93. The fourth-order valence-corrected chi connectivity index (χ4v) is 4.53. The summed E-state index contributed by atoms with van der Waals surface area (Å²) in [6.45, 7) is 4.02. The van der Waals surface area contributed by atoms with Crippen molar-refractivity contribution in [1.29, 1.82) is 0 Å². The highest BCUT2D eigenvalue weighted by Crippen LogP contribution is 2.18. The summed E-state index contributed by atoms with van der Waals surface area (Å²) in [6, 6.07) is -0.0217. The minimum atomic E-state index is -2.97. The first-order valence-corrected chi connectivity index (χ1v) is 9.20. The monoisotopic (exact) mass is 318 g/mol. The summed E-state index contributed by atoms with van der Waals surface area (Å²) in [4.78, 5) is 11.8. The van der Waals surface area contributed by atoms with E-state index in [4.69, 9.17) is 0 Å². The first-order valence-electron chi connectivity index (χ1n) is 6.39. The summed E-state index contributed by atoms with van der Waals surface area (Å²) in [5.74, 6) is 0.246. The van der Waals surface area contributed by atoms with Crippen molar-refractivity contribution in [2.75, 3.05) is 17.3 Å². The van der Waals surface area contributed by atoms with Gasteiger partial charge in [-0.15, -0.1) is 10.2 Å². The van der Waals surface area contributed by atoms with Crippen LogP contribution >= 0.6 is 11.8 Å². The number of carbonyl (C=O) groups is 1. The van der Waals surface area contributed by atoms with Gasteiger partial charge in [-0.3, -0.25) is 4.79 Å². The van der Waals surface area contributed by atoms with E-state index in [0.717, 1.165) is 0 Å². The quantitative estimate of drug-likeness (QED) is 0.782. The molecule has 2 rings (SSSR count). The number of aromatic nitrogens is 3. The minimum Gasteiger partial charge on any atom is -0.352 e. The first kappa shape index (κ1) is 15.3. The van der Waals surface area contributed by atoms with Crippen LogP contribution in [0.25, 0.3) is 0 Å². The summed E-state index contributed by atoms with van der Waals surface area (Å²) < 4.78 is 24.5. The van der Waals surface area contributed by atoms with Gasteiger partial charge in [-0.2, -0.15) is 0 Å². The van der Waals surface area contributed by atoms with Crippen LogP contribution in [0.3, 0.4) is 0 Å². The molecule has 1 fully saturated rings. The fourth-order valence-electron chi connectivity index (χ4n) is 2.00. The summed E-state index contributed by atoms with van der Waals surface area (Å²) in [7, 11) is -2.97. The molecular weight excluding hydrogens is 300 g/mol. The molecule has 20 heavy (non-hydrogen) atoms.